The zero-order chi connectivity index (χ0) is 19.8. The van der Waals surface area contributed by atoms with Crippen LogP contribution in [0.2, 0.25) is 0 Å². The molecule has 0 unspecified atom stereocenters. The summed E-state index contributed by atoms with van der Waals surface area (Å²) < 4.78 is 19.5. The lowest BCUT2D eigenvalue weighted by Crippen LogP contribution is -2.41. The summed E-state index contributed by atoms with van der Waals surface area (Å²) in [5.41, 5.74) is 1.62. The maximum absolute atomic E-state index is 14.1. The molecule has 1 saturated heterocycles. The minimum atomic E-state index is -1.30. The second-order valence-corrected chi connectivity index (χ2v) is 7.13. The number of anilines is 4. The lowest BCUT2D eigenvalue weighted by Gasteiger charge is -2.32. The van der Waals surface area contributed by atoms with Crippen LogP contribution in [0, 0.1) is 12.7 Å². The molecule has 0 atom stereocenters. The number of halogens is 1. The van der Waals surface area contributed by atoms with Crippen LogP contribution < -0.4 is 15.1 Å². The van der Waals surface area contributed by atoms with E-state index in [2.05, 4.69) is 25.1 Å². The molecule has 1 aromatic heterocycles. The van der Waals surface area contributed by atoms with E-state index in [1.54, 1.807) is 13.1 Å². The molecular weight excluding hydrogens is 365 g/mol. The number of aromatic carboxylic acids is 1. The second-order valence-electron chi connectivity index (χ2n) is 7.13. The number of fused-ring (bicyclic) bond motifs is 1. The number of benzene rings is 1. The van der Waals surface area contributed by atoms with Crippen LogP contribution >= 0.6 is 0 Å². The molecule has 2 aromatic rings. The fraction of sp³-hybridized carbons (Fsp3) is 0.421. The number of aryl methyl sites for hydroxylation is 1. The SMILES string of the molecule is Cc1cc(C(=O)O)c(F)cc1Nc1ncc2c(n1)N(C1CCOCC1)CN2C. The molecule has 0 bridgehead atoms. The highest BCUT2D eigenvalue weighted by molar-refractivity contribution is 5.89. The summed E-state index contributed by atoms with van der Waals surface area (Å²) in [5.74, 6) is -0.912. The topological polar surface area (TPSA) is 90.8 Å². The van der Waals surface area contributed by atoms with Crippen LogP contribution in [-0.4, -0.2) is 54.0 Å². The first-order valence-corrected chi connectivity index (χ1v) is 9.17. The van der Waals surface area contributed by atoms with Gasteiger partial charge in [-0.1, -0.05) is 0 Å². The maximum Gasteiger partial charge on any atom is 0.338 e. The summed E-state index contributed by atoms with van der Waals surface area (Å²) in [4.78, 5) is 24.5. The number of ether oxygens (including phenoxy) is 1. The van der Waals surface area contributed by atoms with Crippen LogP contribution in [0.3, 0.4) is 0 Å². The third kappa shape index (κ3) is 3.33. The van der Waals surface area contributed by atoms with Crippen molar-refractivity contribution in [2.45, 2.75) is 25.8 Å². The number of rotatable bonds is 4. The Hall–Kier alpha value is -2.94. The Morgan fingerprint density at radius 1 is 1.36 bits per heavy atom. The molecule has 0 spiro atoms. The van der Waals surface area contributed by atoms with Crippen LogP contribution in [0.4, 0.5) is 27.5 Å². The lowest BCUT2D eigenvalue weighted by molar-refractivity contribution is 0.0691. The molecule has 148 valence electrons. The fourth-order valence-electron chi connectivity index (χ4n) is 3.66. The quantitative estimate of drug-likeness (QED) is 0.828. The van der Waals surface area contributed by atoms with E-state index in [-0.39, 0.29) is 5.56 Å². The van der Waals surface area contributed by atoms with Crippen molar-refractivity contribution in [3.05, 3.63) is 35.3 Å². The molecule has 0 amide bonds. The van der Waals surface area contributed by atoms with Gasteiger partial charge in [-0.2, -0.15) is 4.98 Å². The highest BCUT2D eigenvalue weighted by atomic mass is 19.1. The molecular formula is C19H22FN5O3. The Morgan fingerprint density at radius 3 is 2.82 bits per heavy atom. The Labute approximate surface area is 162 Å². The predicted octanol–water partition coefficient (Wildman–Crippen LogP) is 2.76. The van der Waals surface area contributed by atoms with E-state index >= 15 is 0 Å². The van der Waals surface area contributed by atoms with E-state index in [9.17, 15) is 9.18 Å². The van der Waals surface area contributed by atoms with Crippen LogP contribution in [0.1, 0.15) is 28.8 Å². The van der Waals surface area contributed by atoms with E-state index in [0.29, 0.717) is 23.2 Å². The van der Waals surface area contributed by atoms with Crippen LogP contribution in [0.25, 0.3) is 0 Å². The summed E-state index contributed by atoms with van der Waals surface area (Å²) >= 11 is 0. The second kappa shape index (κ2) is 7.23. The molecule has 9 heteroatoms. The first kappa shape index (κ1) is 18.4. The van der Waals surface area contributed by atoms with Gasteiger partial charge in [0.2, 0.25) is 5.95 Å². The van der Waals surface area contributed by atoms with Gasteiger partial charge < -0.3 is 25.0 Å². The highest BCUT2D eigenvalue weighted by Gasteiger charge is 2.32. The molecule has 28 heavy (non-hydrogen) atoms. The van der Waals surface area contributed by atoms with Gasteiger partial charge in [0.1, 0.15) is 5.82 Å². The molecule has 2 N–H and O–H groups in total. The minimum Gasteiger partial charge on any atom is -0.478 e. The average Bonchev–Trinajstić information content (AvgIpc) is 3.01. The maximum atomic E-state index is 14.1. The number of aromatic nitrogens is 2. The Kier molecular flexibility index (Phi) is 4.76. The van der Waals surface area contributed by atoms with Crippen molar-refractivity contribution in [1.82, 2.24) is 9.97 Å². The van der Waals surface area contributed by atoms with Crippen molar-refractivity contribution in [2.24, 2.45) is 0 Å². The van der Waals surface area contributed by atoms with Crippen LogP contribution in [0.15, 0.2) is 18.3 Å². The monoisotopic (exact) mass is 387 g/mol. The summed E-state index contributed by atoms with van der Waals surface area (Å²) in [7, 11) is 2.00. The van der Waals surface area contributed by atoms with Crippen molar-refractivity contribution < 1.29 is 19.0 Å². The number of hydrogen-bond donors (Lipinski definition) is 2. The van der Waals surface area contributed by atoms with Gasteiger partial charge in [0.25, 0.3) is 0 Å². The molecule has 1 aromatic carbocycles. The molecule has 8 nitrogen and oxygen atoms in total. The third-order valence-corrected chi connectivity index (χ3v) is 5.22. The number of carbonyl (C=O) groups is 1. The van der Waals surface area contributed by atoms with Gasteiger partial charge >= 0.3 is 5.97 Å². The first-order valence-electron chi connectivity index (χ1n) is 9.17. The van der Waals surface area contributed by atoms with Gasteiger partial charge in [-0.05, 0) is 37.5 Å². The van der Waals surface area contributed by atoms with Crippen molar-refractivity contribution >= 4 is 29.1 Å². The highest BCUT2D eigenvalue weighted by Crippen LogP contribution is 2.37. The summed E-state index contributed by atoms with van der Waals surface area (Å²) in [6, 6.07) is 2.82. The molecule has 2 aliphatic rings. The van der Waals surface area contributed by atoms with E-state index in [1.807, 2.05) is 7.05 Å². The van der Waals surface area contributed by atoms with Crippen LogP contribution in [0.5, 0.6) is 0 Å². The third-order valence-electron chi connectivity index (χ3n) is 5.22. The zero-order valence-corrected chi connectivity index (χ0v) is 15.8. The predicted molar refractivity (Wildman–Crippen MR) is 103 cm³/mol. The zero-order valence-electron chi connectivity index (χ0n) is 15.8. The van der Waals surface area contributed by atoms with Gasteiger partial charge in [0.15, 0.2) is 5.82 Å². The van der Waals surface area contributed by atoms with Gasteiger partial charge in [-0.15, -0.1) is 0 Å². The fourth-order valence-corrected chi connectivity index (χ4v) is 3.66. The number of carboxylic acids is 1. The molecule has 1 fully saturated rings. The average molecular weight is 387 g/mol. The molecule has 2 aliphatic heterocycles. The largest absolute Gasteiger partial charge is 0.478 e. The number of nitrogens with zero attached hydrogens (tertiary/aromatic N) is 4. The number of nitrogens with one attached hydrogen (secondary N) is 1. The standard InChI is InChI=1S/C19H22FN5O3/c1-11-7-13(18(26)27)14(20)8-15(11)22-19-21-9-16-17(23-19)25(10-24(16)2)12-3-5-28-6-4-12/h7-9,12H,3-6,10H2,1-2H3,(H,26,27)(H,21,22,23). The van der Waals surface area contributed by atoms with Gasteiger partial charge in [0, 0.05) is 32.0 Å². The Bertz CT molecular complexity index is 917. The summed E-state index contributed by atoms with van der Waals surface area (Å²) in [6.45, 7) is 3.93. The number of carboxylic acid groups (broad SMARTS) is 1. The molecule has 3 heterocycles. The molecule has 0 radical (unpaired) electrons. The lowest BCUT2D eigenvalue weighted by atomic mass is 10.1. The normalized spacial score (nSPS) is 17.0. The van der Waals surface area contributed by atoms with Crippen molar-refractivity contribution in [2.75, 3.05) is 42.0 Å². The molecule has 4 rings (SSSR count). The van der Waals surface area contributed by atoms with E-state index in [4.69, 9.17) is 9.84 Å². The number of hydrogen-bond acceptors (Lipinski definition) is 7. The summed E-state index contributed by atoms with van der Waals surface area (Å²) in [6.07, 6.45) is 3.64. The molecule has 0 saturated carbocycles. The van der Waals surface area contributed by atoms with E-state index in [1.165, 1.54) is 6.07 Å². The Morgan fingerprint density at radius 2 is 2.11 bits per heavy atom. The Balaban J connectivity index is 1.62. The minimum absolute atomic E-state index is 0.344. The van der Waals surface area contributed by atoms with Gasteiger partial charge in [-0.25, -0.2) is 14.2 Å². The first-order chi connectivity index (χ1) is 13.4. The summed E-state index contributed by atoms with van der Waals surface area (Å²) in [5, 5.41) is 12.1. The van der Waals surface area contributed by atoms with Crippen LogP contribution in [-0.2, 0) is 4.74 Å². The van der Waals surface area contributed by atoms with Gasteiger partial charge in [0.05, 0.1) is 24.1 Å². The smallest absolute Gasteiger partial charge is 0.338 e. The van der Waals surface area contributed by atoms with Crippen molar-refractivity contribution in [3.63, 3.8) is 0 Å². The van der Waals surface area contributed by atoms with E-state index in [0.717, 1.165) is 50.3 Å². The van der Waals surface area contributed by atoms with E-state index < -0.39 is 11.8 Å². The van der Waals surface area contributed by atoms with Gasteiger partial charge in [-0.3, -0.25) is 0 Å². The van der Waals surface area contributed by atoms with Crippen molar-refractivity contribution in [3.8, 4) is 0 Å². The van der Waals surface area contributed by atoms with Crippen molar-refractivity contribution in [1.29, 1.82) is 0 Å². The molecule has 0 aliphatic carbocycles.